The maximum atomic E-state index is 12.5. The van der Waals surface area contributed by atoms with Gasteiger partial charge in [0.1, 0.15) is 0 Å². The number of aliphatic hydroxyl groups is 2. The number of unbranched alkanes of at least 4 members (excludes halogenated alkanes) is 42. The Balaban J connectivity index is 3.44. The highest BCUT2D eigenvalue weighted by Crippen LogP contribution is 2.18. The predicted octanol–water partition coefficient (Wildman–Crippen LogP) is 17.1. The van der Waals surface area contributed by atoms with Gasteiger partial charge in [0.15, 0.2) is 0 Å². The molecule has 0 bridgehead atoms. The summed E-state index contributed by atoms with van der Waals surface area (Å²) in [6, 6.07) is -0.554. The van der Waals surface area contributed by atoms with Crippen molar-refractivity contribution in [2.45, 2.75) is 334 Å². The summed E-state index contributed by atoms with van der Waals surface area (Å²) in [6.45, 7) is 4.94. The molecule has 0 radical (unpaired) electrons. The molecule has 370 valence electrons. The van der Waals surface area contributed by atoms with Crippen molar-refractivity contribution in [1.29, 1.82) is 0 Å². The van der Waals surface area contributed by atoms with E-state index >= 15 is 0 Å². The first-order chi connectivity index (χ1) is 30.5. The zero-order valence-electron chi connectivity index (χ0n) is 42.1. The lowest BCUT2D eigenvalue weighted by Crippen LogP contribution is -2.45. The van der Waals surface area contributed by atoms with E-state index in [1.807, 2.05) is 0 Å². The van der Waals surface area contributed by atoms with E-state index in [4.69, 9.17) is 4.74 Å². The maximum absolute atomic E-state index is 12.5. The number of carbonyl (C=O) groups excluding carboxylic acids is 2. The minimum atomic E-state index is -0.675. The highest BCUT2D eigenvalue weighted by Gasteiger charge is 2.20. The van der Waals surface area contributed by atoms with E-state index in [1.54, 1.807) is 0 Å². The molecular weight excluding hydrogens is 767 g/mol. The molecule has 6 nitrogen and oxygen atoms in total. The van der Waals surface area contributed by atoms with E-state index < -0.39 is 12.1 Å². The first-order valence-corrected chi connectivity index (χ1v) is 28.3. The molecule has 0 aromatic heterocycles. The van der Waals surface area contributed by atoms with Crippen molar-refractivity contribution in [2.24, 2.45) is 0 Å². The minimum Gasteiger partial charge on any atom is -0.466 e. The van der Waals surface area contributed by atoms with Crippen LogP contribution < -0.4 is 5.32 Å². The summed E-state index contributed by atoms with van der Waals surface area (Å²) >= 11 is 0. The molecule has 0 aromatic rings. The molecule has 2 atom stereocenters. The van der Waals surface area contributed by atoms with Crippen molar-refractivity contribution >= 4 is 11.9 Å². The number of hydrogen-bond acceptors (Lipinski definition) is 5. The SMILES string of the molecule is CCCCCCCCCCCCCCCCCCCCC(O)C(CO)NC(=O)CCCCCCCCCCCCCOC(=O)CCCCCCCCCCCCCCCCCC. The largest absolute Gasteiger partial charge is 0.466 e. The molecule has 0 spiro atoms. The van der Waals surface area contributed by atoms with Gasteiger partial charge in [0.2, 0.25) is 5.91 Å². The monoisotopic (exact) mass is 878 g/mol. The smallest absolute Gasteiger partial charge is 0.305 e. The third-order valence-corrected chi connectivity index (χ3v) is 13.4. The van der Waals surface area contributed by atoms with E-state index in [1.165, 1.54) is 231 Å². The molecular formula is C56H111NO5. The van der Waals surface area contributed by atoms with Gasteiger partial charge in [-0.1, -0.05) is 284 Å². The van der Waals surface area contributed by atoms with Crippen LogP contribution in [0.15, 0.2) is 0 Å². The van der Waals surface area contributed by atoms with E-state index in [0.717, 1.165) is 57.8 Å². The number of ether oxygens (including phenoxy) is 1. The van der Waals surface area contributed by atoms with Gasteiger partial charge < -0.3 is 20.3 Å². The fourth-order valence-corrected chi connectivity index (χ4v) is 9.05. The molecule has 2 unspecified atom stereocenters. The van der Waals surface area contributed by atoms with Crippen LogP contribution in [-0.2, 0) is 14.3 Å². The van der Waals surface area contributed by atoms with E-state index in [9.17, 15) is 19.8 Å². The minimum absolute atomic E-state index is 0.00896. The number of aliphatic hydroxyl groups excluding tert-OH is 2. The van der Waals surface area contributed by atoms with Crippen LogP contribution in [0.5, 0.6) is 0 Å². The van der Waals surface area contributed by atoms with Gasteiger partial charge >= 0.3 is 5.97 Å². The summed E-state index contributed by atoms with van der Waals surface area (Å²) in [5.41, 5.74) is 0. The molecule has 0 aromatic carbocycles. The zero-order chi connectivity index (χ0) is 45.1. The standard InChI is InChI=1S/C56H111NO5/c1-3-5-7-9-11-13-15-17-19-21-22-23-25-28-32-36-40-44-48-54(59)53(52-58)57-55(60)49-45-41-37-33-29-27-31-35-39-43-47-51-62-56(61)50-46-42-38-34-30-26-24-20-18-16-14-12-10-8-6-4-2/h53-54,58-59H,3-52H2,1-2H3,(H,57,60). The van der Waals surface area contributed by atoms with E-state index in [-0.39, 0.29) is 18.5 Å². The van der Waals surface area contributed by atoms with Gasteiger partial charge in [-0.3, -0.25) is 9.59 Å². The first kappa shape index (κ1) is 60.9. The molecule has 62 heavy (non-hydrogen) atoms. The topological polar surface area (TPSA) is 95.9 Å². The van der Waals surface area contributed by atoms with Crippen LogP contribution in [0.4, 0.5) is 0 Å². The normalized spacial score (nSPS) is 12.5. The van der Waals surface area contributed by atoms with Crippen LogP contribution >= 0.6 is 0 Å². The second kappa shape index (κ2) is 52.5. The highest BCUT2D eigenvalue weighted by molar-refractivity contribution is 5.76. The van der Waals surface area contributed by atoms with Gasteiger partial charge in [0.05, 0.1) is 25.4 Å². The number of amides is 1. The molecule has 0 aliphatic carbocycles. The Labute approximate surface area is 387 Å². The second-order valence-corrected chi connectivity index (χ2v) is 19.6. The van der Waals surface area contributed by atoms with Gasteiger partial charge in [0.25, 0.3) is 0 Å². The molecule has 0 heterocycles. The van der Waals surface area contributed by atoms with Crippen molar-refractivity contribution in [1.82, 2.24) is 5.32 Å². The molecule has 6 heteroatoms. The summed E-state index contributed by atoms with van der Waals surface area (Å²) in [7, 11) is 0. The van der Waals surface area contributed by atoms with Crippen LogP contribution in [0.2, 0.25) is 0 Å². The lowest BCUT2D eigenvalue weighted by atomic mass is 10.0. The van der Waals surface area contributed by atoms with Crippen molar-refractivity contribution in [2.75, 3.05) is 13.2 Å². The molecule has 3 N–H and O–H groups in total. The Morgan fingerprint density at radius 1 is 0.387 bits per heavy atom. The predicted molar refractivity (Wildman–Crippen MR) is 269 cm³/mol. The Bertz CT molecular complexity index is 882. The number of rotatable bonds is 53. The summed E-state index contributed by atoms with van der Waals surface area (Å²) in [5.74, 6) is -0.0589. The average Bonchev–Trinajstić information content (AvgIpc) is 3.27. The third kappa shape index (κ3) is 48.3. The van der Waals surface area contributed by atoms with Crippen molar-refractivity contribution in [3.05, 3.63) is 0 Å². The van der Waals surface area contributed by atoms with Crippen LogP contribution in [0.3, 0.4) is 0 Å². The van der Waals surface area contributed by atoms with Crippen molar-refractivity contribution in [3.8, 4) is 0 Å². The fourth-order valence-electron chi connectivity index (χ4n) is 9.05. The molecule has 0 fully saturated rings. The Morgan fingerprint density at radius 2 is 0.661 bits per heavy atom. The fraction of sp³-hybridized carbons (Fsp3) is 0.964. The van der Waals surface area contributed by atoms with Crippen LogP contribution in [0.25, 0.3) is 0 Å². The zero-order valence-corrected chi connectivity index (χ0v) is 42.1. The molecule has 0 saturated heterocycles. The molecule has 0 aliphatic heterocycles. The Morgan fingerprint density at radius 3 is 0.984 bits per heavy atom. The molecule has 0 rings (SSSR count). The summed E-state index contributed by atoms with van der Waals surface area (Å²) < 4.78 is 5.47. The third-order valence-electron chi connectivity index (χ3n) is 13.4. The van der Waals surface area contributed by atoms with Gasteiger partial charge in [-0.2, -0.15) is 0 Å². The van der Waals surface area contributed by atoms with Crippen LogP contribution in [0, 0.1) is 0 Å². The van der Waals surface area contributed by atoms with Gasteiger partial charge in [-0.05, 0) is 25.7 Å². The molecule has 1 amide bonds. The lowest BCUT2D eigenvalue weighted by Gasteiger charge is -2.22. The summed E-state index contributed by atoms with van der Waals surface area (Å²) in [5, 5.41) is 23.3. The quantitative estimate of drug-likeness (QED) is 0.0418. The van der Waals surface area contributed by atoms with Crippen molar-refractivity contribution < 1.29 is 24.5 Å². The molecule has 0 saturated carbocycles. The van der Waals surface area contributed by atoms with E-state index in [2.05, 4.69) is 19.2 Å². The maximum Gasteiger partial charge on any atom is 0.305 e. The summed E-state index contributed by atoms with van der Waals surface area (Å²) in [6.07, 6.45) is 59.4. The Kier molecular flexibility index (Phi) is 51.5. The summed E-state index contributed by atoms with van der Waals surface area (Å²) in [4.78, 5) is 24.5. The first-order valence-electron chi connectivity index (χ1n) is 28.3. The van der Waals surface area contributed by atoms with Gasteiger partial charge in [-0.25, -0.2) is 0 Å². The van der Waals surface area contributed by atoms with Crippen LogP contribution in [0.1, 0.15) is 322 Å². The number of esters is 1. The second-order valence-electron chi connectivity index (χ2n) is 19.6. The average molecular weight is 879 g/mol. The molecule has 0 aliphatic rings. The van der Waals surface area contributed by atoms with E-state index in [0.29, 0.717) is 25.9 Å². The number of nitrogens with one attached hydrogen (secondary N) is 1. The van der Waals surface area contributed by atoms with Crippen LogP contribution in [-0.4, -0.2) is 47.4 Å². The Hall–Kier alpha value is -1.14. The van der Waals surface area contributed by atoms with Gasteiger partial charge in [-0.15, -0.1) is 0 Å². The highest BCUT2D eigenvalue weighted by atomic mass is 16.5. The van der Waals surface area contributed by atoms with Gasteiger partial charge in [0, 0.05) is 12.8 Å². The van der Waals surface area contributed by atoms with Crippen molar-refractivity contribution in [3.63, 3.8) is 0 Å². The lowest BCUT2D eigenvalue weighted by molar-refractivity contribution is -0.143. The number of hydrogen-bond donors (Lipinski definition) is 3. The number of carbonyl (C=O) groups is 2.